The van der Waals surface area contributed by atoms with Gasteiger partial charge in [0.05, 0.1) is 5.70 Å². The van der Waals surface area contributed by atoms with Crippen LogP contribution in [0.3, 0.4) is 0 Å². The number of hydrogen-bond donors (Lipinski definition) is 0. The van der Waals surface area contributed by atoms with Crippen molar-refractivity contribution in [1.29, 1.82) is 0 Å². The number of para-hydroxylation sites is 2. The van der Waals surface area contributed by atoms with Crippen LogP contribution in [0.5, 0.6) is 0 Å². The number of nitrogens with zero attached hydrogens (tertiary/aromatic N) is 3. The molecular weight excluding hydrogens is 699 g/mol. The summed E-state index contributed by atoms with van der Waals surface area (Å²) in [6.07, 6.45) is 5.82. The Morgan fingerprint density at radius 3 is 1.93 bits per heavy atom. The van der Waals surface area contributed by atoms with Gasteiger partial charge in [0.2, 0.25) is 0 Å². The van der Waals surface area contributed by atoms with Gasteiger partial charge in [0.1, 0.15) is 22.3 Å². The van der Waals surface area contributed by atoms with Crippen LogP contribution in [-0.2, 0) is 0 Å². The van der Waals surface area contributed by atoms with E-state index in [4.69, 9.17) is 13.8 Å². The molecule has 0 atom stereocenters. The second-order valence-electron chi connectivity index (χ2n) is 14.1. The van der Waals surface area contributed by atoms with Crippen LogP contribution in [0.2, 0.25) is 0 Å². The summed E-state index contributed by atoms with van der Waals surface area (Å²) in [4.78, 5) is 14.5. The zero-order valence-corrected chi connectivity index (χ0v) is 31.2. The van der Waals surface area contributed by atoms with E-state index < -0.39 is 0 Å². The van der Waals surface area contributed by atoms with Crippen LogP contribution in [0.4, 0.5) is 0 Å². The van der Waals surface area contributed by atoms with Gasteiger partial charge in [-0.05, 0) is 71.2 Å². The average molecular weight is 734 g/mol. The lowest BCUT2D eigenvalue weighted by Gasteiger charge is -2.11. The molecule has 57 heavy (non-hydrogen) atoms. The minimum atomic E-state index is 0.677. The molecule has 0 saturated carbocycles. The summed E-state index contributed by atoms with van der Waals surface area (Å²) >= 11 is 0. The molecule has 0 amide bonds. The van der Waals surface area contributed by atoms with Crippen molar-refractivity contribution >= 4 is 60.9 Å². The molecule has 0 N–H and O–H groups in total. The SMILES string of the molecule is C=C(/C=C(\N=C(C)c1ccc(-c2ncc(-c3ccccc3)cn2)cc1)c1ccccc1)c1ccc(-c2ccc3c(c2)oc2ccccc23)c2oc3ccccc3c12. The monoisotopic (exact) mass is 733 g/mol. The molecule has 7 aromatic carbocycles. The number of aromatic nitrogens is 2. The number of rotatable bonds is 8. The van der Waals surface area contributed by atoms with Gasteiger partial charge in [0.25, 0.3) is 0 Å². The predicted octanol–water partition coefficient (Wildman–Crippen LogP) is 13.8. The zero-order chi connectivity index (χ0) is 38.3. The van der Waals surface area contributed by atoms with Crippen molar-refractivity contribution < 1.29 is 8.83 Å². The molecule has 0 spiro atoms. The smallest absolute Gasteiger partial charge is 0.159 e. The Balaban J connectivity index is 1.01. The Morgan fingerprint density at radius 2 is 1.18 bits per heavy atom. The number of hydrogen-bond acceptors (Lipinski definition) is 5. The predicted molar refractivity (Wildman–Crippen MR) is 235 cm³/mol. The van der Waals surface area contributed by atoms with E-state index in [1.165, 1.54) is 0 Å². The molecule has 0 unspecified atom stereocenters. The van der Waals surface area contributed by atoms with E-state index in [0.29, 0.717) is 5.82 Å². The number of furan rings is 2. The van der Waals surface area contributed by atoms with Crippen molar-refractivity contribution in [2.75, 3.05) is 0 Å². The van der Waals surface area contributed by atoms with E-state index in [9.17, 15) is 0 Å². The van der Waals surface area contributed by atoms with Crippen LogP contribution >= 0.6 is 0 Å². The quantitative estimate of drug-likeness (QED) is 0.115. The molecule has 0 bridgehead atoms. The largest absolute Gasteiger partial charge is 0.456 e. The molecule has 0 aliphatic heterocycles. The maximum Gasteiger partial charge on any atom is 0.159 e. The van der Waals surface area contributed by atoms with E-state index in [1.54, 1.807) is 0 Å². The Morgan fingerprint density at radius 1 is 0.544 bits per heavy atom. The van der Waals surface area contributed by atoms with Crippen LogP contribution in [-0.4, -0.2) is 15.7 Å². The lowest BCUT2D eigenvalue weighted by molar-refractivity contribution is 0.668. The molecule has 3 heterocycles. The van der Waals surface area contributed by atoms with E-state index >= 15 is 0 Å². The van der Waals surface area contributed by atoms with Crippen molar-refractivity contribution in [3.8, 4) is 33.6 Å². The first-order chi connectivity index (χ1) is 28.1. The molecule has 0 aliphatic rings. The van der Waals surface area contributed by atoms with Crippen LogP contribution in [0.1, 0.15) is 23.6 Å². The van der Waals surface area contributed by atoms with Crippen LogP contribution in [0, 0.1) is 0 Å². The second kappa shape index (κ2) is 14.2. The van der Waals surface area contributed by atoms with Gasteiger partial charge in [-0.25, -0.2) is 9.97 Å². The summed E-state index contributed by atoms with van der Waals surface area (Å²) in [5.41, 5.74) is 13.8. The topological polar surface area (TPSA) is 64.4 Å². The molecule has 0 saturated heterocycles. The lowest BCUT2D eigenvalue weighted by Crippen LogP contribution is -1.97. The minimum Gasteiger partial charge on any atom is -0.456 e. The van der Waals surface area contributed by atoms with Gasteiger partial charge in [-0.2, -0.15) is 0 Å². The first-order valence-electron chi connectivity index (χ1n) is 18.9. The standard InChI is InChI=1S/C52H35N3O2/c1-33(41-27-28-42(51-50(41)45-18-10-12-20-48(45)57-51)39-25-26-44-43-17-9-11-19-47(43)56-49(44)30-39)29-46(37-15-7-4-8-16-37)55-34(2)35-21-23-38(24-22-35)52-53-31-40(32-54-52)36-13-5-3-6-14-36/h3-32H,1H2,2H3/b46-29-,55-34?. The van der Waals surface area contributed by atoms with Gasteiger partial charge in [0, 0.05) is 61.9 Å². The molecule has 0 radical (unpaired) electrons. The zero-order valence-electron chi connectivity index (χ0n) is 31.2. The number of benzene rings is 7. The summed E-state index contributed by atoms with van der Waals surface area (Å²) < 4.78 is 12.9. The summed E-state index contributed by atoms with van der Waals surface area (Å²) in [5, 5.41) is 4.24. The van der Waals surface area contributed by atoms with Gasteiger partial charge >= 0.3 is 0 Å². The maximum atomic E-state index is 6.65. The van der Waals surface area contributed by atoms with Crippen LogP contribution in [0.25, 0.3) is 88.8 Å². The molecule has 5 nitrogen and oxygen atoms in total. The molecule has 10 rings (SSSR count). The highest BCUT2D eigenvalue weighted by Crippen LogP contribution is 2.42. The van der Waals surface area contributed by atoms with Gasteiger partial charge in [-0.15, -0.1) is 0 Å². The Bertz CT molecular complexity index is 3170. The normalized spacial score (nSPS) is 12.2. The highest BCUT2D eigenvalue weighted by atomic mass is 16.3. The van der Waals surface area contributed by atoms with E-state index in [-0.39, 0.29) is 0 Å². The number of allylic oxidation sites excluding steroid dienone is 2. The highest BCUT2D eigenvalue weighted by molar-refractivity contribution is 6.16. The van der Waals surface area contributed by atoms with Crippen molar-refractivity contribution in [2.24, 2.45) is 4.99 Å². The fourth-order valence-corrected chi connectivity index (χ4v) is 7.61. The van der Waals surface area contributed by atoms with E-state index in [0.717, 1.165) is 105 Å². The maximum absolute atomic E-state index is 6.65. The summed E-state index contributed by atoms with van der Waals surface area (Å²) in [7, 11) is 0. The third-order valence-corrected chi connectivity index (χ3v) is 10.6. The third kappa shape index (κ3) is 6.31. The van der Waals surface area contributed by atoms with Gasteiger partial charge in [-0.1, -0.05) is 140 Å². The fourth-order valence-electron chi connectivity index (χ4n) is 7.61. The van der Waals surface area contributed by atoms with Gasteiger partial charge in [-0.3, -0.25) is 4.99 Å². The number of aliphatic imine (C=N–C) groups is 1. The number of fused-ring (bicyclic) bond motifs is 6. The van der Waals surface area contributed by atoms with Gasteiger partial charge in [0.15, 0.2) is 5.82 Å². The molecule has 270 valence electrons. The Hall–Kier alpha value is -7.63. The third-order valence-electron chi connectivity index (χ3n) is 10.6. The summed E-state index contributed by atoms with van der Waals surface area (Å²) in [6.45, 7) is 6.67. The molecule has 3 aromatic heterocycles. The van der Waals surface area contributed by atoms with Crippen LogP contribution in [0.15, 0.2) is 203 Å². The Labute approximate surface area is 329 Å². The molecule has 10 aromatic rings. The van der Waals surface area contributed by atoms with Crippen LogP contribution < -0.4 is 0 Å². The summed E-state index contributed by atoms with van der Waals surface area (Å²) in [6, 6.07) is 55.6. The first-order valence-corrected chi connectivity index (χ1v) is 18.9. The molecule has 5 heteroatoms. The van der Waals surface area contributed by atoms with Crippen molar-refractivity contribution in [3.05, 3.63) is 206 Å². The van der Waals surface area contributed by atoms with Crippen molar-refractivity contribution in [2.45, 2.75) is 6.92 Å². The summed E-state index contributed by atoms with van der Waals surface area (Å²) in [5.74, 6) is 0.677. The average Bonchev–Trinajstić information content (AvgIpc) is 3.85. The second-order valence-corrected chi connectivity index (χ2v) is 14.1. The van der Waals surface area contributed by atoms with Gasteiger partial charge < -0.3 is 8.83 Å². The Kier molecular flexibility index (Phi) is 8.46. The van der Waals surface area contributed by atoms with E-state index in [2.05, 4.69) is 101 Å². The van der Waals surface area contributed by atoms with E-state index in [1.807, 2.05) is 104 Å². The first kappa shape index (κ1) is 33.9. The highest BCUT2D eigenvalue weighted by Gasteiger charge is 2.19. The lowest BCUT2D eigenvalue weighted by atomic mass is 9.94. The molecular formula is C52H35N3O2. The molecule has 0 fully saturated rings. The fraction of sp³-hybridized carbons (Fsp3) is 0.0192. The molecule has 0 aliphatic carbocycles. The van der Waals surface area contributed by atoms with Crippen molar-refractivity contribution in [1.82, 2.24) is 9.97 Å². The minimum absolute atomic E-state index is 0.677. The van der Waals surface area contributed by atoms with Crippen molar-refractivity contribution in [3.63, 3.8) is 0 Å².